The molecule has 0 bridgehead atoms. The number of rotatable bonds is 8. The minimum Gasteiger partial charge on any atom is -0.481 e. The minimum absolute atomic E-state index is 0.0849. The van der Waals surface area contributed by atoms with E-state index >= 15 is 0 Å². The van der Waals surface area contributed by atoms with Gasteiger partial charge in [0, 0.05) is 25.9 Å². The highest BCUT2D eigenvalue weighted by Crippen LogP contribution is 2.06. The highest BCUT2D eigenvalue weighted by atomic mass is 16.5. The predicted molar refractivity (Wildman–Crippen MR) is 72.5 cm³/mol. The average Bonchev–Trinajstić information content (AvgIpc) is 2.92. The molecule has 8 nitrogen and oxygen atoms in total. The number of pyridine rings is 1. The van der Waals surface area contributed by atoms with Gasteiger partial charge in [-0.3, -0.25) is 9.78 Å². The summed E-state index contributed by atoms with van der Waals surface area (Å²) in [6.07, 6.45) is 4.41. The number of aryl methyl sites for hydroxylation is 2. The van der Waals surface area contributed by atoms with Crippen LogP contribution in [0.4, 0.5) is 0 Å². The maximum Gasteiger partial charge on any atom is 0.306 e. The molecular formula is C13H17N5O3. The maximum atomic E-state index is 10.7. The third-order valence-electron chi connectivity index (χ3n) is 3.08. The smallest absolute Gasteiger partial charge is 0.306 e. The van der Waals surface area contributed by atoms with E-state index in [0.29, 0.717) is 18.8 Å². The number of nitrogens with zero attached hydrogens (tertiary/aromatic N) is 5. The summed E-state index contributed by atoms with van der Waals surface area (Å²) in [5.74, 6) is -0.210. The van der Waals surface area contributed by atoms with Crippen LogP contribution in [-0.4, -0.2) is 49.5 Å². The molecule has 2 heterocycles. The molecule has 8 heteroatoms. The lowest BCUT2D eigenvalue weighted by Crippen LogP contribution is -2.24. The molecule has 0 aliphatic rings. The Morgan fingerprint density at radius 2 is 2.33 bits per heavy atom. The van der Waals surface area contributed by atoms with Crippen molar-refractivity contribution in [1.29, 1.82) is 0 Å². The second-order valence-corrected chi connectivity index (χ2v) is 4.59. The molecule has 0 spiro atoms. The maximum absolute atomic E-state index is 10.7. The number of aromatic nitrogens is 5. The monoisotopic (exact) mass is 291 g/mol. The molecule has 2 rings (SSSR count). The summed E-state index contributed by atoms with van der Waals surface area (Å²) in [6, 6.07) is 3.87. The first kappa shape index (κ1) is 15.0. The van der Waals surface area contributed by atoms with Crippen LogP contribution in [0, 0.1) is 0 Å². The number of methoxy groups -OCH3 is 1. The van der Waals surface area contributed by atoms with E-state index in [1.165, 1.54) is 7.11 Å². The van der Waals surface area contributed by atoms with Gasteiger partial charge in [-0.25, -0.2) is 4.68 Å². The van der Waals surface area contributed by atoms with Gasteiger partial charge in [0.05, 0.1) is 19.1 Å². The molecule has 0 aliphatic carbocycles. The molecule has 1 N–H and O–H groups in total. The molecule has 0 saturated heterocycles. The Morgan fingerprint density at radius 3 is 3.00 bits per heavy atom. The molecule has 0 aromatic carbocycles. The van der Waals surface area contributed by atoms with Crippen LogP contribution in [0.3, 0.4) is 0 Å². The topological polar surface area (TPSA) is 103 Å². The fourth-order valence-corrected chi connectivity index (χ4v) is 1.96. The predicted octanol–water partition coefficient (Wildman–Crippen LogP) is 0.343. The van der Waals surface area contributed by atoms with E-state index in [-0.39, 0.29) is 6.42 Å². The van der Waals surface area contributed by atoms with Crippen molar-refractivity contribution in [3.05, 3.63) is 35.9 Å². The Balaban J connectivity index is 1.96. The molecule has 1 atom stereocenters. The van der Waals surface area contributed by atoms with Gasteiger partial charge < -0.3 is 9.84 Å². The first-order chi connectivity index (χ1) is 10.2. The summed E-state index contributed by atoms with van der Waals surface area (Å²) in [5, 5.41) is 20.3. The van der Waals surface area contributed by atoms with Crippen LogP contribution < -0.4 is 0 Å². The molecule has 0 fully saturated rings. The minimum atomic E-state index is -0.910. The van der Waals surface area contributed by atoms with Gasteiger partial charge in [0.25, 0.3) is 0 Å². The molecule has 2 aromatic rings. The Labute approximate surface area is 121 Å². The summed E-state index contributed by atoms with van der Waals surface area (Å²) >= 11 is 0. The lowest BCUT2D eigenvalue weighted by atomic mass is 10.1. The second-order valence-electron chi connectivity index (χ2n) is 4.59. The van der Waals surface area contributed by atoms with Gasteiger partial charge in [0.1, 0.15) is 0 Å². The molecule has 112 valence electrons. The van der Waals surface area contributed by atoms with Gasteiger partial charge in [-0.1, -0.05) is 6.07 Å². The zero-order valence-corrected chi connectivity index (χ0v) is 11.7. The van der Waals surface area contributed by atoms with Crippen molar-refractivity contribution < 1.29 is 14.6 Å². The van der Waals surface area contributed by atoms with Gasteiger partial charge in [-0.05, 0) is 28.5 Å². The summed E-state index contributed by atoms with van der Waals surface area (Å²) in [5.41, 5.74) is 1.10. The Kier molecular flexibility index (Phi) is 5.33. The Bertz CT molecular complexity index is 572. The van der Waals surface area contributed by atoms with Crippen molar-refractivity contribution in [2.45, 2.75) is 31.9 Å². The highest BCUT2D eigenvalue weighted by Gasteiger charge is 2.16. The van der Waals surface area contributed by atoms with Gasteiger partial charge in [0.2, 0.25) is 0 Å². The van der Waals surface area contributed by atoms with Crippen molar-refractivity contribution in [3.63, 3.8) is 0 Å². The zero-order valence-electron chi connectivity index (χ0n) is 11.7. The first-order valence-electron chi connectivity index (χ1n) is 6.57. The van der Waals surface area contributed by atoms with E-state index in [2.05, 4.69) is 20.5 Å². The summed E-state index contributed by atoms with van der Waals surface area (Å²) in [4.78, 5) is 14.8. The highest BCUT2D eigenvalue weighted by molar-refractivity contribution is 5.67. The molecular weight excluding hydrogens is 274 g/mol. The number of carboxylic acid groups (broad SMARTS) is 1. The number of ether oxygens (including phenoxy) is 1. The molecule has 0 amide bonds. The lowest BCUT2D eigenvalue weighted by Gasteiger charge is -2.13. The van der Waals surface area contributed by atoms with Crippen molar-refractivity contribution in [3.8, 4) is 0 Å². The number of hydrogen-bond acceptors (Lipinski definition) is 6. The van der Waals surface area contributed by atoms with Gasteiger partial charge in [-0.2, -0.15) is 0 Å². The number of tetrazole rings is 1. The molecule has 1 unspecified atom stereocenters. The van der Waals surface area contributed by atoms with Crippen LogP contribution >= 0.6 is 0 Å². The SMILES string of the molecule is COC(CC(=O)O)Cn1nnnc1CCc1cccnc1. The molecule has 0 saturated carbocycles. The number of hydrogen-bond donors (Lipinski definition) is 1. The van der Waals surface area contributed by atoms with Crippen molar-refractivity contribution in [2.75, 3.05) is 7.11 Å². The Hall–Kier alpha value is -2.35. The third kappa shape index (κ3) is 4.60. The van der Waals surface area contributed by atoms with E-state index in [1.807, 2.05) is 12.1 Å². The number of carbonyl (C=O) groups is 1. The average molecular weight is 291 g/mol. The molecule has 2 aromatic heterocycles. The largest absolute Gasteiger partial charge is 0.481 e. The lowest BCUT2D eigenvalue weighted by molar-refractivity contribution is -0.140. The zero-order chi connectivity index (χ0) is 15.1. The van der Waals surface area contributed by atoms with E-state index in [0.717, 1.165) is 12.0 Å². The van der Waals surface area contributed by atoms with Crippen LogP contribution in [0.25, 0.3) is 0 Å². The van der Waals surface area contributed by atoms with Crippen molar-refractivity contribution in [2.24, 2.45) is 0 Å². The quantitative estimate of drug-likeness (QED) is 0.748. The van der Waals surface area contributed by atoms with Gasteiger partial charge in [-0.15, -0.1) is 5.10 Å². The fraction of sp³-hybridized carbons (Fsp3) is 0.462. The van der Waals surface area contributed by atoms with E-state index in [4.69, 9.17) is 9.84 Å². The molecule has 0 radical (unpaired) electrons. The van der Waals surface area contributed by atoms with Crippen LogP contribution in [-0.2, 0) is 28.9 Å². The summed E-state index contributed by atoms with van der Waals surface area (Å²) in [7, 11) is 1.48. The van der Waals surface area contributed by atoms with E-state index in [9.17, 15) is 4.79 Å². The van der Waals surface area contributed by atoms with Crippen LogP contribution in [0.2, 0.25) is 0 Å². The van der Waals surface area contributed by atoms with Crippen molar-refractivity contribution >= 4 is 5.97 Å². The fourth-order valence-electron chi connectivity index (χ4n) is 1.96. The van der Waals surface area contributed by atoms with Gasteiger partial charge in [0.15, 0.2) is 5.82 Å². The standard InChI is InChI=1S/C13H17N5O3/c1-21-11(7-13(19)20)9-18-12(15-16-17-18)5-4-10-3-2-6-14-8-10/h2-3,6,8,11H,4-5,7,9H2,1H3,(H,19,20). The second kappa shape index (κ2) is 7.44. The normalized spacial score (nSPS) is 12.2. The third-order valence-corrected chi connectivity index (χ3v) is 3.08. The van der Waals surface area contributed by atoms with Crippen LogP contribution in [0.15, 0.2) is 24.5 Å². The summed E-state index contributed by atoms with van der Waals surface area (Å²) in [6.45, 7) is 0.318. The van der Waals surface area contributed by atoms with Crippen LogP contribution in [0.5, 0.6) is 0 Å². The van der Waals surface area contributed by atoms with Crippen LogP contribution in [0.1, 0.15) is 17.8 Å². The first-order valence-corrected chi connectivity index (χ1v) is 6.57. The van der Waals surface area contributed by atoms with E-state index < -0.39 is 12.1 Å². The van der Waals surface area contributed by atoms with E-state index in [1.54, 1.807) is 17.1 Å². The van der Waals surface area contributed by atoms with Gasteiger partial charge >= 0.3 is 5.97 Å². The van der Waals surface area contributed by atoms with Crippen molar-refractivity contribution in [1.82, 2.24) is 25.2 Å². The summed E-state index contributed by atoms with van der Waals surface area (Å²) < 4.78 is 6.74. The molecule has 0 aliphatic heterocycles. The molecule has 21 heavy (non-hydrogen) atoms. The number of carboxylic acids is 1. The number of aliphatic carboxylic acids is 1. The Morgan fingerprint density at radius 1 is 1.48 bits per heavy atom.